The number of thiophene rings is 1. The third-order valence-corrected chi connectivity index (χ3v) is 6.16. The second-order valence-corrected chi connectivity index (χ2v) is 7.94. The van der Waals surface area contributed by atoms with E-state index in [1.165, 1.54) is 30.6 Å². The molecular weight excluding hydrogens is 409 g/mol. The standard InChI is InChI=1S/C21H18FN3O4S/c1-29-15-4-2-12-9-25(20(27)16(12)8-15)10-17(24-21(28)23-11-26)19-7-13-6-14(22)3-5-18(13)30-19/h2-8,11,17H,9-10H2,1H3,(H2,23,24,26,28)/t17-/m0/s1. The third kappa shape index (κ3) is 3.84. The number of halogens is 1. The second-order valence-electron chi connectivity index (χ2n) is 6.83. The number of nitrogens with one attached hydrogen (secondary N) is 2. The van der Waals surface area contributed by atoms with Crippen molar-refractivity contribution in [3.05, 3.63) is 64.3 Å². The molecule has 30 heavy (non-hydrogen) atoms. The summed E-state index contributed by atoms with van der Waals surface area (Å²) >= 11 is 1.39. The molecule has 1 atom stereocenters. The summed E-state index contributed by atoms with van der Waals surface area (Å²) < 4.78 is 19.6. The van der Waals surface area contributed by atoms with Gasteiger partial charge in [0.05, 0.1) is 13.2 Å². The summed E-state index contributed by atoms with van der Waals surface area (Å²) in [7, 11) is 1.54. The molecule has 2 N–H and O–H groups in total. The van der Waals surface area contributed by atoms with Gasteiger partial charge in [-0.15, -0.1) is 11.3 Å². The van der Waals surface area contributed by atoms with E-state index in [1.54, 1.807) is 29.2 Å². The van der Waals surface area contributed by atoms with Crippen molar-refractivity contribution in [2.24, 2.45) is 0 Å². The van der Waals surface area contributed by atoms with Crippen molar-refractivity contribution in [3.63, 3.8) is 0 Å². The van der Waals surface area contributed by atoms with E-state index in [0.717, 1.165) is 15.1 Å². The zero-order valence-corrected chi connectivity index (χ0v) is 16.8. The van der Waals surface area contributed by atoms with Crippen molar-refractivity contribution in [1.29, 1.82) is 0 Å². The number of methoxy groups -OCH3 is 1. The number of hydrogen-bond acceptors (Lipinski definition) is 5. The number of hydrogen-bond donors (Lipinski definition) is 2. The number of fused-ring (bicyclic) bond motifs is 2. The predicted octanol–water partition coefficient (Wildman–Crippen LogP) is 3.20. The number of carbonyl (C=O) groups excluding carboxylic acids is 3. The maximum Gasteiger partial charge on any atom is 0.321 e. The molecule has 3 aromatic rings. The molecule has 0 aliphatic carbocycles. The van der Waals surface area contributed by atoms with Crippen molar-refractivity contribution in [3.8, 4) is 5.75 Å². The minimum absolute atomic E-state index is 0.168. The summed E-state index contributed by atoms with van der Waals surface area (Å²) in [6.07, 6.45) is 0.288. The summed E-state index contributed by atoms with van der Waals surface area (Å²) in [5.41, 5.74) is 1.43. The summed E-state index contributed by atoms with van der Waals surface area (Å²) in [5.74, 6) is 0.0725. The molecule has 0 saturated heterocycles. The highest BCUT2D eigenvalue weighted by Crippen LogP contribution is 2.33. The summed E-state index contributed by atoms with van der Waals surface area (Å²) in [6, 6.07) is 10.3. The van der Waals surface area contributed by atoms with Crippen molar-refractivity contribution in [1.82, 2.24) is 15.5 Å². The average molecular weight is 427 g/mol. The van der Waals surface area contributed by atoms with Crippen LogP contribution in [0, 0.1) is 5.82 Å². The van der Waals surface area contributed by atoms with Gasteiger partial charge in [-0.05, 0) is 47.3 Å². The van der Waals surface area contributed by atoms with Crippen LogP contribution in [0.4, 0.5) is 9.18 Å². The fourth-order valence-corrected chi connectivity index (χ4v) is 4.59. The third-order valence-electron chi connectivity index (χ3n) is 4.94. The molecule has 0 spiro atoms. The first kappa shape index (κ1) is 19.8. The number of urea groups is 1. The van der Waals surface area contributed by atoms with Gasteiger partial charge in [0, 0.05) is 28.2 Å². The summed E-state index contributed by atoms with van der Waals surface area (Å²) in [4.78, 5) is 37.9. The molecule has 4 rings (SSSR count). The maximum absolute atomic E-state index is 13.6. The molecule has 1 aromatic heterocycles. The van der Waals surface area contributed by atoms with Gasteiger partial charge in [0.25, 0.3) is 5.91 Å². The molecule has 2 aromatic carbocycles. The number of benzene rings is 2. The van der Waals surface area contributed by atoms with E-state index in [2.05, 4.69) is 10.6 Å². The van der Waals surface area contributed by atoms with E-state index < -0.39 is 12.1 Å². The van der Waals surface area contributed by atoms with Gasteiger partial charge in [-0.1, -0.05) is 6.07 Å². The monoisotopic (exact) mass is 427 g/mol. The molecule has 7 nitrogen and oxygen atoms in total. The minimum atomic E-state index is -0.676. The van der Waals surface area contributed by atoms with Crippen molar-refractivity contribution in [2.75, 3.05) is 13.7 Å². The van der Waals surface area contributed by atoms with Crippen LogP contribution in [-0.2, 0) is 11.3 Å². The molecule has 154 valence electrons. The van der Waals surface area contributed by atoms with Crippen LogP contribution in [0.15, 0.2) is 42.5 Å². The highest BCUT2D eigenvalue weighted by molar-refractivity contribution is 7.19. The number of ether oxygens (including phenoxy) is 1. The molecule has 0 bridgehead atoms. The van der Waals surface area contributed by atoms with E-state index in [9.17, 15) is 18.8 Å². The van der Waals surface area contributed by atoms with Crippen LogP contribution in [0.3, 0.4) is 0 Å². The fraction of sp³-hybridized carbons (Fsp3) is 0.190. The van der Waals surface area contributed by atoms with Crippen LogP contribution < -0.4 is 15.4 Å². The number of carbonyl (C=O) groups is 3. The van der Waals surface area contributed by atoms with Gasteiger partial charge < -0.3 is 15.0 Å². The number of imide groups is 1. The van der Waals surface area contributed by atoms with E-state index in [0.29, 0.717) is 23.2 Å². The van der Waals surface area contributed by atoms with Gasteiger partial charge >= 0.3 is 6.03 Å². The topological polar surface area (TPSA) is 87.7 Å². The van der Waals surface area contributed by atoms with Gasteiger partial charge in [0.15, 0.2) is 0 Å². The highest BCUT2D eigenvalue weighted by atomic mass is 32.1. The van der Waals surface area contributed by atoms with Crippen LogP contribution >= 0.6 is 11.3 Å². The molecule has 1 aliphatic heterocycles. The molecular formula is C21H18FN3O4S. The SMILES string of the molecule is COc1ccc2c(c1)C(=O)N(C[C@H](NC(=O)NC=O)c1cc3cc(F)ccc3s1)C2. The van der Waals surface area contributed by atoms with Crippen LogP contribution in [-0.4, -0.2) is 36.9 Å². The number of rotatable bonds is 6. The van der Waals surface area contributed by atoms with Crippen LogP contribution in [0.2, 0.25) is 0 Å². The Kier molecular flexibility index (Phi) is 5.37. The first-order valence-corrected chi connectivity index (χ1v) is 9.96. The zero-order valence-electron chi connectivity index (χ0n) is 16.0. The molecule has 0 saturated carbocycles. The molecule has 4 amide bonds. The molecule has 9 heteroatoms. The Hall–Kier alpha value is -3.46. The maximum atomic E-state index is 13.6. The molecule has 0 radical (unpaired) electrons. The summed E-state index contributed by atoms with van der Waals surface area (Å²) in [5, 5.41) is 5.48. The highest BCUT2D eigenvalue weighted by Gasteiger charge is 2.31. The van der Waals surface area contributed by atoms with Crippen molar-refractivity contribution in [2.45, 2.75) is 12.6 Å². The second kappa shape index (κ2) is 8.11. The van der Waals surface area contributed by atoms with E-state index >= 15 is 0 Å². The van der Waals surface area contributed by atoms with Gasteiger partial charge in [-0.2, -0.15) is 0 Å². The van der Waals surface area contributed by atoms with Crippen LogP contribution in [0.25, 0.3) is 10.1 Å². The Labute approximate surface area is 175 Å². The Bertz CT molecular complexity index is 1150. The van der Waals surface area contributed by atoms with Gasteiger partial charge in [-0.25, -0.2) is 9.18 Å². The predicted molar refractivity (Wildman–Crippen MR) is 110 cm³/mol. The Morgan fingerprint density at radius 1 is 1.30 bits per heavy atom. The lowest BCUT2D eigenvalue weighted by molar-refractivity contribution is -0.108. The van der Waals surface area contributed by atoms with Crippen LogP contribution in [0.1, 0.15) is 26.8 Å². The number of nitrogens with zero attached hydrogens (tertiary/aromatic N) is 1. The number of amides is 4. The Balaban J connectivity index is 1.62. The molecule has 0 fully saturated rings. The average Bonchev–Trinajstić information content (AvgIpc) is 3.28. The first-order chi connectivity index (χ1) is 14.5. The van der Waals surface area contributed by atoms with Crippen LogP contribution in [0.5, 0.6) is 5.75 Å². The van der Waals surface area contributed by atoms with Gasteiger partial charge in [-0.3, -0.25) is 14.9 Å². The van der Waals surface area contributed by atoms with E-state index in [1.807, 2.05) is 6.07 Å². The quantitative estimate of drug-likeness (QED) is 0.592. The largest absolute Gasteiger partial charge is 0.497 e. The first-order valence-electron chi connectivity index (χ1n) is 9.14. The molecule has 1 aliphatic rings. The Morgan fingerprint density at radius 2 is 2.13 bits per heavy atom. The van der Waals surface area contributed by atoms with Crippen molar-refractivity contribution < 1.29 is 23.5 Å². The van der Waals surface area contributed by atoms with Gasteiger partial charge in [0.1, 0.15) is 11.6 Å². The van der Waals surface area contributed by atoms with Crippen molar-refractivity contribution >= 4 is 39.8 Å². The Morgan fingerprint density at radius 3 is 2.90 bits per heavy atom. The molecule has 2 heterocycles. The fourth-order valence-electron chi connectivity index (χ4n) is 3.50. The smallest absolute Gasteiger partial charge is 0.321 e. The zero-order chi connectivity index (χ0) is 21.3. The summed E-state index contributed by atoms with van der Waals surface area (Å²) in [6.45, 7) is 0.586. The molecule has 0 unspecified atom stereocenters. The van der Waals surface area contributed by atoms with E-state index in [-0.39, 0.29) is 24.7 Å². The lowest BCUT2D eigenvalue weighted by Crippen LogP contribution is -2.42. The lowest BCUT2D eigenvalue weighted by atomic mass is 10.1. The van der Waals surface area contributed by atoms with E-state index in [4.69, 9.17) is 4.74 Å². The lowest BCUT2D eigenvalue weighted by Gasteiger charge is -2.23. The normalized spacial score (nSPS) is 13.8. The minimum Gasteiger partial charge on any atom is -0.497 e. The van der Waals surface area contributed by atoms with Gasteiger partial charge in [0.2, 0.25) is 6.41 Å².